The van der Waals surface area contributed by atoms with Crippen LogP contribution in [0, 0.1) is 24.7 Å². The molecule has 36 heavy (non-hydrogen) atoms. The number of rotatable bonds is 4. The summed E-state index contributed by atoms with van der Waals surface area (Å²) in [6.07, 6.45) is 3.36. The summed E-state index contributed by atoms with van der Waals surface area (Å²) in [5.41, 5.74) is 9.73. The smallest absolute Gasteiger partial charge is 0.298 e. The normalized spacial score (nSPS) is 20.4. The Bertz CT molecular complexity index is 1530. The molecule has 8 heteroatoms. The van der Waals surface area contributed by atoms with E-state index in [9.17, 15) is 4.79 Å². The third kappa shape index (κ3) is 3.64. The van der Waals surface area contributed by atoms with Crippen LogP contribution in [0.25, 0.3) is 22.3 Å². The maximum atomic E-state index is 12.6. The van der Waals surface area contributed by atoms with Crippen LogP contribution in [0.3, 0.4) is 0 Å². The Morgan fingerprint density at radius 1 is 1.08 bits per heavy atom. The molecule has 2 aromatic heterocycles. The van der Waals surface area contributed by atoms with Crippen LogP contribution in [-0.2, 0) is 4.79 Å². The molecule has 2 aliphatic rings. The van der Waals surface area contributed by atoms with Gasteiger partial charge in [0.25, 0.3) is 5.91 Å². The number of carbonyl (C=O) groups is 1. The van der Waals surface area contributed by atoms with Gasteiger partial charge in [-0.25, -0.2) is 14.6 Å². The molecular formula is C28H26N6O2. The van der Waals surface area contributed by atoms with Crippen molar-refractivity contribution in [2.75, 3.05) is 12.3 Å². The molecular weight excluding hydrogens is 452 g/mol. The standard InChI is InChI=1S/C28H26N6O2/c1-3-7-24(35)33-15-18-13-22(33)23(14-18)34-28-25(27(29)30-16-31-28)26(32-34)21-11-10-20(12-17(21)2)36-19-8-5-4-6-9-19/h4-6,8-12,16,18,22-23H,13-15H2,1-2H3,(H2,29,30,31). The van der Waals surface area contributed by atoms with E-state index in [1.54, 1.807) is 6.92 Å². The highest BCUT2D eigenvalue weighted by atomic mass is 16.5. The van der Waals surface area contributed by atoms with Gasteiger partial charge in [0.05, 0.1) is 17.5 Å². The summed E-state index contributed by atoms with van der Waals surface area (Å²) >= 11 is 0. The van der Waals surface area contributed by atoms with Crippen LogP contribution < -0.4 is 10.5 Å². The third-order valence-electron chi connectivity index (χ3n) is 7.21. The van der Waals surface area contributed by atoms with E-state index >= 15 is 0 Å². The van der Waals surface area contributed by atoms with Gasteiger partial charge in [-0.15, -0.1) is 0 Å². The molecule has 180 valence electrons. The number of anilines is 1. The number of hydrogen-bond acceptors (Lipinski definition) is 6. The number of aryl methyl sites for hydroxylation is 1. The van der Waals surface area contributed by atoms with Crippen molar-refractivity contribution in [3.8, 4) is 34.6 Å². The fourth-order valence-electron chi connectivity index (χ4n) is 5.67. The largest absolute Gasteiger partial charge is 0.457 e. The van der Waals surface area contributed by atoms with Crippen LogP contribution in [0.5, 0.6) is 11.5 Å². The first-order valence-corrected chi connectivity index (χ1v) is 12.1. The molecule has 1 amide bonds. The molecule has 2 bridgehead atoms. The van der Waals surface area contributed by atoms with Crippen LogP contribution in [0.2, 0.25) is 0 Å². The lowest BCUT2D eigenvalue weighted by molar-refractivity contribution is -0.127. The Morgan fingerprint density at radius 3 is 2.64 bits per heavy atom. The van der Waals surface area contributed by atoms with Gasteiger partial charge in [0.15, 0.2) is 5.65 Å². The molecule has 3 heterocycles. The molecule has 3 atom stereocenters. The van der Waals surface area contributed by atoms with Crippen molar-refractivity contribution in [2.45, 2.75) is 38.8 Å². The predicted octanol–water partition coefficient (Wildman–Crippen LogP) is 4.36. The van der Waals surface area contributed by atoms with Crippen molar-refractivity contribution >= 4 is 22.8 Å². The highest BCUT2D eigenvalue weighted by Crippen LogP contribution is 2.46. The summed E-state index contributed by atoms with van der Waals surface area (Å²) < 4.78 is 7.97. The second kappa shape index (κ2) is 8.68. The monoisotopic (exact) mass is 478 g/mol. The number of aromatic nitrogens is 4. The number of piperidine rings is 1. The number of carbonyl (C=O) groups excluding carboxylic acids is 1. The van der Waals surface area contributed by atoms with Crippen molar-refractivity contribution in [1.29, 1.82) is 0 Å². The number of fused-ring (bicyclic) bond motifs is 3. The number of ether oxygens (including phenoxy) is 1. The molecule has 2 fully saturated rings. The molecule has 4 aromatic rings. The van der Waals surface area contributed by atoms with Gasteiger partial charge >= 0.3 is 0 Å². The first kappa shape index (κ1) is 22.1. The van der Waals surface area contributed by atoms with Gasteiger partial charge in [-0.05, 0) is 74.4 Å². The van der Waals surface area contributed by atoms with Crippen molar-refractivity contribution in [2.24, 2.45) is 5.92 Å². The Hall–Kier alpha value is -4.38. The fourth-order valence-corrected chi connectivity index (χ4v) is 5.67. The van der Waals surface area contributed by atoms with Crippen molar-refractivity contribution in [3.05, 3.63) is 60.4 Å². The van der Waals surface area contributed by atoms with Crippen molar-refractivity contribution in [3.63, 3.8) is 0 Å². The molecule has 1 saturated heterocycles. The third-order valence-corrected chi connectivity index (χ3v) is 7.21. The molecule has 2 aromatic carbocycles. The average molecular weight is 479 g/mol. The fraction of sp³-hybridized carbons (Fsp3) is 0.286. The van der Waals surface area contributed by atoms with Gasteiger partial charge in [-0.3, -0.25) is 4.79 Å². The lowest BCUT2D eigenvalue weighted by Crippen LogP contribution is -2.42. The molecule has 1 aliphatic carbocycles. The van der Waals surface area contributed by atoms with Crippen LogP contribution in [0.1, 0.15) is 31.4 Å². The van der Waals surface area contributed by atoms with E-state index in [-0.39, 0.29) is 18.0 Å². The number of nitrogens with zero attached hydrogens (tertiary/aromatic N) is 5. The Morgan fingerprint density at radius 2 is 1.89 bits per heavy atom. The van der Waals surface area contributed by atoms with E-state index in [4.69, 9.17) is 15.6 Å². The Labute approximate surface area is 209 Å². The first-order chi connectivity index (χ1) is 17.5. The number of para-hydroxylation sites is 1. The number of nitrogens with two attached hydrogens (primary N) is 1. The molecule has 1 aliphatic heterocycles. The molecule has 6 rings (SSSR count). The summed E-state index contributed by atoms with van der Waals surface area (Å²) in [7, 11) is 0. The van der Waals surface area contributed by atoms with Crippen molar-refractivity contribution in [1.82, 2.24) is 24.6 Å². The number of benzene rings is 2. The number of hydrogen-bond donors (Lipinski definition) is 1. The minimum absolute atomic E-state index is 0.0119. The summed E-state index contributed by atoms with van der Waals surface area (Å²) in [6, 6.07) is 15.7. The minimum Gasteiger partial charge on any atom is -0.457 e. The predicted molar refractivity (Wildman–Crippen MR) is 137 cm³/mol. The van der Waals surface area contributed by atoms with Crippen molar-refractivity contribution < 1.29 is 9.53 Å². The zero-order valence-corrected chi connectivity index (χ0v) is 20.2. The van der Waals surface area contributed by atoms with Gasteiger partial charge in [0, 0.05) is 12.1 Å². The molecule has 0 spiro atoms. The first-order valence-electron chi connectivity index (χ1n) is 12.1. The van der Waals surface area contributed by atoms with E-state index in [1.807, 2.05) is 65.0 Å². The molecule has 2 N–H and O–H groups in total. The van der Waals surface area contributed by atoms with E-state index in [2.05, 4.69) is 21.8 Å². The summed E-state index contributed by atoms with van der Waals surface area (Å²) in [5, 5.41) is 5.78. The molecule has 3 unspecified atom stereocenters. The quantitative estimate of drug-likeness (QED) is 0.438. The second-order valence-corrected chi connectivity index (χ2v) is 9.45. The Kier molecular flexibility index (Phi) is 5.33. The Balaban J connectivity index is 1.40. The maximum absolute atomic E-state index is 12.6. The lowest BCUT2D eigenvalue weighted by Gasteiger charge is -2.32. The van der Waals surface area contributed by atoms with Crippen LogP contribution >= 0.6 is 0 Å². The summed E-state index contributed by atoms with van der Waals surface area (Å²) in [6.45, 7) is 4.47. The highest BCUT2D eigenvalue weighted by molar-refractivity contribution is 5.99. The summed E-state index contributed by atoms with van der Waals surface area (Å²) in [5.74, 6) is 7.66. The average Bonchev–Trinajstić information content (AvgIpc) is 3.58. The van der Waals surface area contributed by atoms with Crippen LogP contribution in [-0.4, -0.2) is 43.1 Å². The van der Waals surface area contributed by atoms with E-state index in [0.29, 0.717) is 17.4 Å². The summed E-state index contributed by atoms with van der Waals surface area (Å²) in [4.78, 5) is 23.4. The van der Waals surface area contributed by atoms with Crippen LogP contribution in [0.15, 0.2) is 54.9 Å². The molecule has 1 saturated carbocycles. The molecule has 0 radical (unpaired) electrons. The SMILES string of the molecule is CC#CC(=O)N1CC2CC1C(n1nc(-c3ccc(Oc4ccccc4)cc3C)c3c(N)ncnc31)C2. The zero-order chi connectivity index (χ0) is 24.8. The van der Waals surface area contributed by atoms with E-state index in [0.717, 1.165) is 53.1 Å². The number of amides is 1. The second-order valence-electron chi connectivity index (χ2n) is 9.45. The lowest BCUT2D eigenvalue weighted by atomic mass is 10.0. The van der Waals surface area contributed by atoms with Gasteiger partial charge in [-0.2, -0.15) is 5.10 Å². The van der Waals surface area contributed by atoms with E-state index < -0.39 is 0 Å². The van der Waals surface area contributed by atoms with Gasteiger partial charge < -0.3 is 15.4 Å². The minimum atomic E-state index is -0.120. The van der Waals surface area contributed by atoms with Gasteiger partial charge in [-0.1, -0.05) is 24.1 Å². The zero-order valence-electron chi connectivity index (χ0n) is 20.2. The molecule has 8 nitrogen and oxygen atoms in total. The maximum Gasteiger partial charge on any atom is 0.298 e. The van der Waals surface area contributed by atoms with Gasteiger partial charge in [0.2, 0.25) is 0 Å². The number of nitrogen functional groups attached to an aromatic ring is 1. The van der Waals surface area contributed by atoms with Crippen LogP contribution in [0.4, 0.5) is 5.82 Å². The topological polar surface area (TPSA) is 99.2 Å². The van der Waals surface area contributed by atoms with Gasteiger partial charge in [0.1, 0.15) is 29.3 Å². The van der Waals surface area contributed by atoms with E-state index in [1.165, 1.54) is 6.33 Å². The number of likely N-dealkylation sites (tertiary alicyclic amines) is 1. The highest BCUT2D eigenvalue weighted by Gasteiger charge is 2.48.